The lowest BCUT2D eigenvalue weighted by atomic mass is 10.1. The molecule has 132 valence electrons. The van der Waals surface area contributed by atoms with E-state index in [1.54, 1.807) is 6.07 Å². The van der Waals surface area contributed by atoms with Crippen molar-refractivity contribution in [3.63, 3.8) is 0 Å². The van der Waals surface area contributed by atoms with Crippen molar-refractivity contribution >= 4 is 5.91 Å². The van der Waals surface area contributed by atoms with Crippen LogP contribution < -0.4 is 5.32 Å². The molecule has 0 saturated carbocycles. The van der Waals surface area contributed by atoms with E-state index in [4.69, 9.17) is 4.74 Å². The van der Waals surface area contributed by atoms with Crippen LogP contribution in [0.3, 0.4) is 0 Å². The van der Waals surface area contributed by atoms with Gasteiger partial charge in [-0.2, -0.15) is 0 Å². The number of ether oxygens (including phenoxy) is 1. The molecule has 0 aromatic heterocycles. The van der Waals surface area contributed by atoms with Crippen molar-refractivity contribution in [2.45, 2.75) is 18.2 Å². The number of aliphatic hydroxyl groups is 1. The highest BCUT2D eigenvalue weighted by Crippen LogP contribution is 2.17. The largest absolute Gasteiger partial charge is 0.388 e. The van der Waals surface area contributed by atoms with Gasteiger partial charge >= 0.3 is 0 Å². The summed E-state index contributed by atoms with van der Waals surface area (Å²) in [4.78, 5) is 16.7. The Kier molecular flexibility index (Phi) is 5.45. The molecule has 2 heterocycles. The minimum absolute atomic E-state index is 0.240. The van der Waals surface area contributed by atoms with Gasteiger partial charge in [0.2, 0.25) is 0 Å². The van der Waals surface area contributed by atoms with Crippen LogP contribution in [0.15, 0.2) is 24.3 Å². The van der Waals surface area contributed by atoms with E-state index in [1.807, 2.05) is 0 Å². The number of carbonyl (C=O) groups is 1. The zero-order valence-corrected chi connectivity index (χ0v) is 13.8. The molecule has 1 amide bonds. The molecule has 0 spiro atoms. The van der Waals surface area contributed by atoms with Gasteiger partial charge in [0.25, 0.3) is 5.91 Å². The van der Waals surface area contributed by atoms with Crippen LogP contribution in [-0.4, -0.2) is 85.4 Å². The van der Waals surface area contributed by atoms with Crippen LogP contribution in [0.4, 0.5) is 4.39 Å². The second kappa shape index (κ2) is 7.57. The zero-order chi connectivity index (χ0) is 17.1. The zero-order valence-electron chi connectivity index (χ0n) is 13.8. The van der Waals surface area contributed by atoms with Gasteiger partial charge in [0.15, 0.2) is 0 Å². The van der Waals surface area contributed by atoms with Crippen LogP contribution in [0, 0.1) is 5.82 Å². The second-order valence-corrected chi connectivity index (χ2v) is 6.56. The number of carbonyl (C=O) groups excluding carboxylic acids is 1. The van der Waals surface area contributed by atoms with Crippen LogP contribution in [0.25, 0.3) is 0 Å². The summed E-state index contributed by atoms with van der Waals surface area (Å²) in [5.41, 5.74) is 0.240. The van der Waals surface area contributed by atoms with Crippen molar-refractivity contribution < 1.29 is 19.0 Å². The highest BCUT2D eigenvalue weighted by molar-refractivity contribution is 5.94. The number of hydrogen-bond donors (Lipinski definition) is 2. The highest BCUT2D eigenvalue weighted by Gasteiger charge is 2.38. The first kappa shape index (κ1) is 17.3. The van der Waals surface area contributed by atoms with Crippen molar-refractivity contribution in [2.24, 2.45) is 0 Å². The molecule has 3 atom stereocenters. The summed E-state index contributed by atoms with van der Waals surface area (Å²) in [6.45, 7) is 4.82. The smallest absolute Gasteiger partial charge is 0.251 e. The number of nitrogens with zero attached hydrogens (tertiary/aromatic N) is 2. The van der Waals surface area contributed by atoms with Crippen molar-refractivity contribution in [3.05, 3.63) is 35.6 Å². The quantitative estimate of drug-likeness (QED) is 0.805. The Hall–Kier alpha value is -1.54. The lowest BCUT2D eigenvalue weighted by Crippen LogP contribution is -2.50. The molecule has 24 heavy (non-hydrogen) atoms. The number of piperazine rings is 1. The minimum atomic E-state index is -0.762. The van der Waals surface area contributed by atoms with Crippen molar-refractivity contribution in [1.82, 2.24) is 15.1 Å². The molecule has 0 radical (unpaired) electrons. The molecule has 2 saturated heterocycles. The van der Waals surface area contributed by atoms with Gasteiger partial charge in [-0.25, -0.2) is 4.39 Å². The van der Waals surface area contributed by atoms with E-state index in [9.17, 15) is 14.3 Å². The number of hydrogen-bond acceptors (Lipinski definition) is 5. The molecule has 0 bridgehead atoms. The Morgan fingerprint density at radius 1 is 1.38 bits per heavy atom. The van der Waals surface area contributed by atoms with Crippen LogP contribution in [-0.2, 0) is 4.74 Å². The predicted molar refractivity (Wildman–Crippen MR) is 87.3 cm³/mol. The molecule has 7 heteroatoms. The molecule has 6 nitrogen and oxygen atoms in total. The van der Waals surface area contributed by atoms with E-state index in [0.29, 0.717) is 6.54 Å². The summed E-state index contributed by atoms with van der Waals surface area (Å²) < 4.78 is 18.9. The maximum absolute atomic E-state index is 13.2. The van der Waals surface area contributed by atoms with Crippen molar-refractivity contribution in [3.8, 4) is 0 Å². The van der Waals surface area contributed by atoms with Crippen molar-refractivity contribution in [1.29, 1.82) is 0 Å². The Balaban J connectivity index is 1.52. The fourth-order valence-corrected chi connectivity index (χ4v) is 3.14. The van der Waals surface area contributed by atoms with E-state index >= 15 is 0 Å². The Morgan fingerprint density at radius 3 is 2.83 bits per heavy atom. The standard InChI is InChI=1S/C17H24FN3O3/c1-20-5-7-21(8-6-20)10-15-16(22)14(11-24-15)19-17(23)12-3-2-4-13(18)9-12/h2-4,9,14-16,22H,5-8,10-11H2,1H3,(H,19,23). The average molecular weight is 337 g/mol. The number of nitrogens with one attached hydrogen (secondary N) is 1. The first-order valence-corrected chi connectivity index (χ1v) is 8.30. The molecule has 2 N–H and O–H groups in total. The number of aliphatic hydroxyl groups excluding tert-OH is 1. The number of benzene rings is 1. The lowest BCUT2D eigenvalue weighted by Gasteiger charge is -2.34. The fourth-order valence-electron chi connectivity index (χ4n) is 3.14. The summed E-state index contributed by atoms with van der Waals surface area (Å²) in [6.07, 6.45) is -1.08. The number of halogens is 1. The van der Waals surface area contributed by atoms with Crippen LogP contribution >= 0.6 is 0 Å². The average Bonchev–Trinajstić information content (AvgIpc) is 2.90. The van der Waals surface area contributed by atoms with Gasteiger partial charge in [-0.3, -0.25) is 9.69 Å². The third-order valence-electron chi connectivity index (χ3n) is 4.72. The Bertz CT molecular complexity index is 578. The van der Waals surface area contributed by atoms with Gasteiger partial charge in [-0.05, 0) is 25.2 Å². The first-order valence-electron chi connectivity index (χ1n) is 8.30. The fraction of sp³-hybridized carbons (Fsp3) is 0.588. The van der Waals surface area contributed by atoms with Gasteiger partial charge in [-0.15, -0.1) is 0 Å². The summed E-state index contributed by atoms with van der Waals surface area (Å²) >= 11 is 0. The molecular weight excluding hydrogens is 313 g/mol. The Labute approximate surface area is 141 Å². The molecule has 1 aromatic carbocycles. The summed E-state index contributed by atoms with van der Waals surface area (Å²) in [5, 5.41) is 13.2. The number of rotatable bonds is 4. The van der Waals surface area contributed by atoms with E-state index < -0.39 is 23.9 Å². The van der Waals surface area contributed by atoms with Crippen LogP contribution in [0.1, 0.15) is 10.4 Å². The second-order valence-electron chi connectivity index (χ2n) is 6.56. The monoisotopic (exact) mass is 337 g/mol. The molecule has 2 fully saturated rings. The molecular formula is C17H24FN3O3. The van der Waals surface area contributed by atoms with Crippen LogP contribution in [0.5, 0.6) is 0 Å². The summed E-state index contributed by atoms with van der Waals surface area (Å²) in [7, 11) is 2.09. The van der Waals surface area contributed by atoms with Crippen LogP contribution in [0.2, 0.25) is 0 Å². The third-order valence-corrected chi connectivity index (χ3v) is 4.72. The molecule has 1 aromatic rings. The normalized spacial score (nSPS) is 28.9. The molecule has 2 aliphatic rings. The SMILES string of the molecule is CN1CCN(CC2OCC(NC(=O)c3cccc(F)c3)C2O)CC1. The first-order chi connectivity index (χ1) is 11.5. The molecule has 0 aliphatic carbocycles. The topological polar surface area (TPSA) is 65.0 Å². The molecule has 3 unspecified atom stereocenters. The predicted octanol–water partition coefficient (Wildman–Crippen LogP) is -0.0688. The van der Waals surface area contributed by atoms with Gasteiger partial charge in [-0.1, -0.05) is 6.07 Å². The summed E-state index contributed by atoms with van der Waals surface area (Å²) in [6, 6.07) is 5.03. The lowest BCUT2D eigenvalue weighted by molar-refractivity contribution is 0.00606. The maximum Gasteiger partial charge on any atom is 0.251 e. The highest BCUT2D eigenvalue weighted by atomic mass is 19.1. The van der Waals surface area contributed by atoms with Gasteiger partial charge < -0.3 is 20.1 Å². The van der Waals surface area contributed by atoms with Gasteiger partial charge in [0.05, 0.1) is 18.8 Å². The van der Waals surface area contributed by atoms with E-state index in [0.717, 1.165) is 26.2 Å². The minimum Gasteiger partial charge on any atom is -0.388 e. The number of amides is 1. The third kappa shape index (κ3) is 4.10. The van der Waals surface area contributed by atoms with E-state index in [2.05, 4.69) is 22.2 Å². The Morgan fingerprint density at radius 2 is 2.12 bits per heavy atom. The number of likely N-dealkylation sites (N-methyl/N-ethyl adjacent to an activating group) is 1. The summed E-state index contributed by atoms with van der Waals surface area (Å²) in [5.74, 6) is -0.860. The maximum atomic E-state index is 13.2. The molecule has 3 rings (SSSR count). The van der Waals surface area contributed by atoms with Gasteiger partial charge in [0, 0.05) is 38.3 Å². The van der Waals surface area contributed by atoms with E-state index in [1.165, 1.54) is 18.2 Å². The molecule has 2 aliphatic heterocycles. The van der Waals surface area contributed by atoms with Crippen molar-refractivity contribution in [2.75, 3.05) is 46.4 Å². The van der Waals surface area contributed by atoms with E-state index in [-0.39, 0.29) is 18.3 Å². The van der Waals surface area contributed by atoms with Gasteiger partial charge in [0.1, 0.15) is 11.9 Å².